The molecule has 1 saturated heterocycles. The Balaban J connectivity index is 2.92. The van der Waals surface area contributed by atoms with Crippen LogP contribution in [0.1, 0.15) is 19.8 Å². The van der Waals surface area contributed by atoms with Gasteiger partial charge in [-0.15, -0.1) is 0 Å². The first kappa shape index (κ1) is 17.5. The molecular formula is C12H19F3N2O4. The van der Waals surface area contributed by atoms with E-state index in [1.807, 2.05) is 0 Å². The topological polar surface area (TPSA) is 81.1 Å². The monoisotopic (exact) mass is 312 g/mol. The van der Waals surface area contributed by atoms with Gasteiger partial charge in [-0.3, -0.25) is 0 Å². The summed E-state index contributed by atoms with van der Waals surface area (Å²) in [5, 5.41) is 18.0. The van der Waals surface area contributed by atoms with Gasteiger partial charge in [-0.05, 0) is 18.8 Å². The van der Waals surface area contributed by atoms with Gasteiger partial charge in [0.05, 0.1) is 6.61 Å². The Kier molecular flexibility index (Phi) is 5.82. The second kappa shape index (κ2) is 6.97. The minimum Gasteiger partial charge on any atom is -0.480 e. The summed E-state index contributed by atoms with van der Waals surface area (Å²) in [6.07, 6.45) is -3.47. The van der Waals surface area contributed by atoms with Gasteiger partial charge < -0.3 is 20.0 Å². The number of aliphatic carboxylic acids is 1. The normalized spacial score (nSPS) is 23.0. The van der Waals surface area contributed by atoms with E-state index in [4.69, 9.17) is 5.11 Å². The standard InChI is InChI=1S/C12H19F3N2O4/c1-8-3-2-4-17(9(8)10(19)20)11(21)16(5-6-18)7-12(13,14)15/h8-9,18H,2-7H2,1H3,(H,19,20). The third-order valence-electron chi connectivity index (χ3n) is 3.44. The fourth-order valence-corrected chi connectivity index (χ4v) is 2.54. The summed E-state index contributed by atoms with van der Waals surface area (Å²) in [6.45, 7) is -0.875. The van der Waals surface area contributed by atoms with E-state index in [0.29, 0.717) is 17.7 Å². The molecule has 2 atom stereocenters. The molecule has 1 heterocycles. The van der Waals surface area contributed by atoms with E-state index in [1.54, 1.807) is 6.92 Å². The number of urea groups is 1. The van der Waals surface area contributed by atoms with Gasteiger partial charge in [0.25, 0.3) is 0 Å². The van der Waals surface area contributed by atoms with Crippen LogP contribution in [0, 0.1) is 5.92 Å². The zero-order valence-corrected chi connectivity index (χ0v) is 11.6. The smallest absolute Gasteiger partial charge is 0.406 e. The Morgan fingerprint density at radius 1 is 1.38 bits per heavy atom. The van der Waals surface area contributed by atoms with Crippen LogP contribution < -0.4 is 0 Å². The first-order chi connectivity index (χ1) is 9.67. The highest BCUT2D eigenvalue weighted by Crippen LogP contribution is 2.26. The summed E-state index contributed by atoms with van der Waals surface area (Å²) in [4.78, 5) is 24.9. The Morgan fingerprint density at radius 3 is 2.48 bits per heavy atom. The molecule has 0 aromatic heterocycles. The van der Waals surface area contributed by atoms with E-state index in [2.05, 4.69) is 0 Å². The van der Waals surface area contributed by atoms with Gasteiger partial charge in [-0.1, -0.05) is 6.92 Å². The van der Waals surface area contributed by atoms with E-state index in [-0.39, 0.29) is 12.5 Å². The minimum atomic E-state index is -4.61. The molecule has 2 unspecified atom stereocenters. The van der Waals surface area contributed by atoms with Crippen molar-refractivity contribution in [2.45, 2.75) is 32.0 Å². The van der Waals surface area contributed by atoms with Gasteiger partial charge in [0.15, 0.2) is 0 Å². The highest BCUT2D eigenvalue weighted by Gasteiger charge is 2.41. The van der Waals surface area contributed by atoms with Crippen molar-refractivity contribution in [1.29, 1.82) is 0 Å². The van der Waals surface area contributed by atoms with E-state index in [9.17, 15) is 27.9 Å². The molecule has 0 aliphatic carbocycles. The van der Waals surface area contributed by atoms with Gasteiger partial charge in [-0.25, -0.2) is 9.59 Å². The SMILES string of the molecule is CC1CCCN(C(=O)N(CCO)CC(F)(F)F)C1C(=O)O. The summed E-state index contributed by atoms with van der Waals surface area (Å²) >= 11 is 0. The number of likely N-dealkylation sites (tertiary alicyclic amines) is 1. The van der Waals surface area contributed by atoms with E-state index in [1.165, 1.54) is 0 Å². The molecule has 2 amide bonds. The summed E-state index contributed by atoms with van der Waals surface area (Å²) in [6, 6.07) is -2.14. The average molecular weight is 312 g/mol. The maximum Gasteiger partial charge on any atom is 0.406 e. The highest BCUT2D eigenvalue weighted by atomic mass is 19.4. The Hall–Kier alpha value is -1.51. The number of aliphatic hydroxyl groups is 1. The van der Waals surface area contributed by atoms with Crippen molar-refractivity contribution >= 4 is 12.0 Å². The summed E-state index contributed by atoms with van der Waals surface area (Å²) < 4.78 is 37.4. The van der Waals surface area contributed by atoms with Gasteiger partial charge in [0.2, 0.25) is 0 Å². The number of carboxylic acid groups (broad SMARTS) is 1. The molecule has 0 radical (unpaired) electrons. The number of carbonyl (C=O) groups excluding carboxylic acids is 1. The largest absolute Gasteiger partial charge is 0.480 e. The quantitative estimate of drug-likeness (QED) is 0.816. The Bertz CT molecular complexity index is 389. The lowest BCUT2D eigenvalue weighted by molar-refractivity contribution is -0.148. The van der Waals surface area contributed by atoms with E-state index >= 15 is 0 Å². The number of carbonyl (C=O) groups is 2. The Labute approximate surface area is 120 Å². The molecule has 1 aliphatic rings. The summed E-state index contributed by atoms with van der Waals surface area (Å²) in [5.74, 6) is -1.56. The van der Waals surface area contributed by atoms with Crippen molar-refractivity contribution in [2.75, 3.05) is 26.2 Å². The van der Waals surface area contributed by atoms with Crippen LogP contribution in [0.5, 0.6) is 0 Å². The number of rotatable bonds is 4. The molecule has 0 aromatic rings. The van der Waals surface area contributed by atoms with Crippen molar-refractivity contribution in [3.63, 3.8) is 0 Å². The average Bonchev–Trinajstić information content (AvgIpc) is 2.35. The van der Waals surface area contributed by atoms with Crippen LogP contribution in [0.2, 0.25) is 0 Å². The number of hydrogen-bond acceptors (Lipinski definition) is 3. The number of piperidine rings is 1. The molecule has 0 bridgehead atoms. The molecule has 0 aromatic carbocycles. The molecule has 0 saturated carbocycles. The van der Waals surface area contributed by atoms with Gasteiger partial charge in [0, 0.05) is 13.1 Å². The fraction of sp³-hybridized carbons (Fsp3) is 0.833. The zero-order chi connectivity index (χ0) is 16.2. The van der Waals surface area contributed by atoms with Crippen molar-refractivity contribution in [2.24, 2.45) is 5.92 Å². The molecule has 0 spiro atoms. The van der Waals surface area contributed by atoms with Crippen molar-refractivity contribution in [3.8, 4) is 0 Å². The number of alkyl halides is 3. The van der Waals surface area contributed by atoms with Crippen LogP contribution in [0.3, 0.4) is 0 Å². The molecule has 2 N–H and O–H groups in total. The zero-order valence-electron chi connectivity index (χ0n) is 11.6. The van der Waals surface area contributed by atoms with Crippen LogP contribution in [0.15, 0.2) is 0 Å². The predicted octanol–water partition coefficient (Wildman–Crippen LogP) is 1.15. The molecule has 9 heteroatoms. The number of nitrogens with zero attached hydrogens (tertiary/aromatic N) is 2. The lowest BCUT2D eigenvalue weighted by Gasteiger charge is -2.40. The third-order valence-corrected chi connectivity index (χ3v) is 3.44. The van der Waals surface area contributed by atoms with E-state index < -0.39 is 43.9 Å². The molecule has 122 valence electrons. The lowest BCUT2D eigenvalue weighted by atomic mass is 9.91. The Morgan fingerprint density at radius 2 is 2.00 bits per heavy atom. The van der Waals surface area contributed by atoms with Gasteiger partial charge in [-0.2, -0.15) is 13.2 Å². The fourth-order valence-electron chi connectivity index (χ4n) is 2.54. The third kappa shape index (κ3) is 4.76. The maximum absolute atomic E-state index is 12.5. The maximum atomic E-state index is 12.5. The summed E-state index contributed by atoms with van der Waals surface area (Å²) in [7, 11) is 0. The van der Waals surface area contributed by atoms with Crippen LogP contribution in [-0.2, 0) is 4.79 Å². The molecular weight excluding hydrogens is 293 g/mol. The second-order valence-corrected chi connectivity index (χ2v) is 5.14. The first-order valence-corrected chi connectivity index (χ1v) is 6.63. The number of aliphatic hydroxyl groups excluding tert-OH is 1. The van der Waals surface area contributed by atoms with Crippen LogP contribution >= 0.6 is 0 Å². The molecule has 21 heavy (non-hydrogen) atoms. The second-order valence-electron chi connectivity index (χ2n) is 5.14. The van der Waals surface area contributed by atoms with Crippen molar-refractivity contribution in [3.05, 3.63) is 0 Å². The van der Waals surface area contributed by atoms with Crippen LogP contribution in [0.4, 0.5) is 18.0 Å². The van der Waals surface area contributed by atoms with Crippen LogP contribution in [0.25, 0.3) is 0 Å². The highest BCUT2D eigenvalue weighted by molar-refractivity contribution is 5.83. The molecule has 1 rings (SSSR count). The number of amides is 2. The van der Waals surface area contributed by atoms with Gasteiger partial charge in [0.1, 0.15) is 12.6 Å². The van der Waals surface area contributed by atoms with Crippen LogP contribution in [-0.4, -0.2) is 70.5 Å². The summed E-state index contributed by atoms with van der Waals surface area (Å²) in [5.41, 5.74) is 0. The number of halogens is 3. The van der Waals surface area contributed by atoms with Gasteiger partial charge >= 0.3 is 18.2 Å². The lowest BCUT2D eigenvalue weighted by Crippen LogP contribution is -2.57. The van der Waals surface area contributed by atoms with E-state index in [0.717, 1.165) is 4.90 Å². The molecule has 6 nitrogen and oxygen atoms in total. The minimum absolute atomic E-state index is 0.0971. The van der Waals surface area contributed by atoms with Crippen molar-refractivity contribution in [1.82, 2.24) is 9.80 Å². The number of hydrogen-bond donors (Lipinski definition) is 2. The molecule has 1 fully saturated rings. The molecule has 1 aliphatic heterocycles. The van der Waals surface area contributed by atoms with Crippen molar-refractivity contribution < 1.29 is 33.0 Å². The number of carboxylic acids is 1. The first-order valence-electron chi connectivity index (χ1n) is 6.63. The predicted molar refractivity (Wildman–Crippen MR) is 66.6 cm³/mol.